The second-order valence-corrected chi connectivity index (χ2v) is 9.52. The first-order chi connectivity index (χ1) is 14.4. The first kappa shape index (κ1) is 21.4. The predicted octanol–water partition coefficient (Wildman–Crippen LogP) is 4.34. The second-order valence-electron chi connectivity index (χ2n) is 7.45. The van der Waals surface area contributed by atoms with E-state index in [0.717, 1.165) is 54.1 Å². The van der Waals surface area contributed by atoms with Crippen LogP contribution in [0.4, 0.5) is 13.2 Å². The van der Waals surface area contributed by atoms with Crippen molar-refractivity contribution in [3.05, 3.63) is 62.5 Å². The van der Waals surface area contributed by atoms with Crippen LogP contribution in [-0.4, -0.2) is 34.1 Å². The number of aryl methyl sites for hydroxylation is 1. The molecule has 1 aromatic carbocycles. The number of nitrogens with zero attached hydrogens (tertiary/aromatic N) is 2. The fourth-order valence-electron chi connectivity index (χ4n) is 3.90. The molecule has 0 unspecified atom stereocenters. The van der Waals surface area contributed by atoms with Crippen LogP contribution < -0.4 is 10.9 Å². The lowest BCUT2D eigenvalue weighted by molar-refractivity contribution is -0.137. The molecular weight excluding hydrogens is 431 g/mol. The van der Waals surface area contributed by atoms with Gasteiger partial charge in [-0.3, -0.25) is 9.36 Å². The Balaban J connectivity index is 1.61. The van der Waals surface area contributed by atoms with Crippen molar-refractivity contribution < 1.29 is 13.2 Å². The summed E-state index contributed by atoms with van der Waals surface area (Å²) in [5.41, 5.74) is 0.600. The number of thiophene rings is 1. The van der Waals surface area contributed by atoms with Crippen LogP contribution in [0.15, 0.2) is 35.4 Å². The van der Waals surface area contributed by atoms with E-state index >= 15 is 0 Å². The van der Waals surface area contributed by atoms with Crippen LogP contribution in [0.2, 0.25) is 0 Å². The van der Waals surface area contributed by atoms with E-state index in [-0.39, 0.29) is 12.1 Å². The summed E-state index contributed by atoms with van der Waals surface area (Å²) in [7, 11) is 0. The first-order valence-corrected chi connectivity index (χ1v) is 12.0. The predicted molar refractivity (Wildman–Crippen MR) is 117 cm³/mol. The Bertz CT molecular complexity index is 1110. The molecule has 4 rings (SSSR count). The third-order valence-electron chi connectivity index (χ3n) is 5.38. The van der Waals surface area contributed by atoms with E-state index in [0.29, 0.717) is 17.0 Å². The topological polar surface area (TPSA) is 46.9 Å². The number of hydrogen-bond donors (Lipinski definition) is 1. The Morgan fingerprint density at radius 1 is 1.37 bits per heavy atom. The number of fused-ring (bicyclic) bond motifs is 3. The van der Waals surface area contributed by atoms with Crippen molar-refractivity contribution in [3.63, 3.8) is 0 Å². The van der Waals surface area contributed by atoms with Crippen molar-refractivity contribution in [2.24, 2.45) is 0 Å². The fraction of sp³-hybridized carbons (Fsp3) is 0.429. The molecule has 1 atom stereocenters. The average molecular weight is 454 g/mol. The molecular formula is C21H22F3N3OS2. The second kappa shape index (κ2) is 8.72. The summed E-state index contributed by atoms with van der Waals surface area (Å²) in [5.74, 6) is 1.07. The summed E-state index contributed by atoms with van der Waals surface area (Å²) in [6.45, 7) is 1.03. The molecule has 0 saturated heterocycles. The third-order valence-corrected chi connectivity index (χ3v) is 7.16. The van der Waals surface area contributed by atoms with Crippen molar-refractivity contribution in [1.82, 2.24) is 14.9 Å². The number of halogens is 3. The minimum absolute atomic E-state index is 0.0647. The van der Waals surface area contributed by atoms with Gasteiger partial charge in [0.2, 0.25) is 0 Å². The summed E-state index contributed by atoms with van der Waals surface area (Å²) in [5, 5.41) is 4.21. The van der Waals surface area contributed by atoms with Crippen molar-refractivity contribution >= 4 is 33.3 Å². The van der Waals surface area contributed by atoms with E-state index in [1.807, 2.05) is 11.8 Å². The molecule has 0 fully saturated rings. The third kappa shape index (κ3) is 4.43. The Hall–Kier alpha value is -1.84. The van der Waals surface area contributed by atoms with Gasteiger partial charge in [-0.05, 0) is 48.8 Å². The zero-order valence-corrected chi connectivity index (χ0v) is 18.1. The molecule has 9 heteroatoms. The summed E-state index contributed by atoms with van der Waals surface area (Å²) in [4.78, 5) is 19.5. The van der Waals surface area contributed by atoms with Gasteiger partial charge >= 0.3 is 6.18 Å². The Morgan fingerprint density at radius 2 is 2.20 bits per heavy atom. The standard InChI is InChI=1S/C21H22F3N3OS2/c1-29-8-7-25-15-5-6-16-17(10-15)30-19-18(16)20(28)27(12-26-19)11-13-3-2-4-14(9-13)21(22,23)24/h2-4,9,12,15,25H,5-8,10-11H2,1H3/t15-/m0/s1. The summed E-state index contributed by atoms with van der Waals surface area (Å²) >= 11 is 3.37. The normalized spacial score (nSPS) is 16.7. The van der Waals surface area contributed by atoms with Gasteiger partial charge in [0.25, 0.3) is 5.56 Å². The lowest BCUT2D eigenvalue weighted by Gasteiger charge is -2.23. The highest BCUT2D eigenvalue weighted by molar-refractivity contribution is 7.98. The number of thioether (sulfide) groups is 1. The highest BCUT2D eigenvalue weighted by atomic mass is 32.2. The van der Waals surface area contributed by atoms with Crippen LogP contribution in [0.5, 0.6) is 0 Å². The first-order valence-electron chi connectivity index (χ1n) is 9.75. The smallest absolute Gasteiger partial charge is 0.313 e. The zero-order chi connectivity index (χ0) is 21.3. The minimum atomic E-state index is -4.41. The van der Waals surface area contributed by atoms with Gasteiger partial charge in [0.15, 0.2) is 0 Å². The zero-order valence-electron chi connectivity index (χ0n) is 16.5. The van der Waals surface area contributed by atoms with Gasteiger partial charge < -0.3 is 5.32 Å². The van der Waals surface area contributed by atoms with Crippen LogP contribution in [0.25, 0.3) is 10.2 Å². The van der Waals surface area contributed by atoms with Crippen LogP contribution in [0.3, 0.4) is 0 Å². The van der Waals surface area contributed by atoms with Crippen molar-refractivity contribution in [2.45, 2.75) is 38.0 Å². The van der Waals surface area contributed by atoms with Crippen LogP contribution in [0, 0.1) is 0 Å². The van der Waals surface area contributed by atoms with E-state index in [1.54, 1.807) is 17.4 Å². The maximum Gasteiger partial charge on any atom is 0.416 e. The van der Waals surface area contributed by atoms with Crippen molar-refractivity contribution in [2.75, 3.05) is 18.6 Å². The largest absolute Gasteiger partial charge is 0.416 e. The van der Waals surface area contributed by atoms with Crippen molar-refractivity contribution in [3.8, 4) is 0 Å². The molecule has 160 valence electrons. The molecule has 0 aliphatic heterocycles. The number of aromatic nitrogens is 2. The maximum absolute atomic E-state index is 13.1. The van der Waals surface area contributed by atoms with Crippen LogP contribution in [0.1, 0.15) is 28.0 Å². The van der Waals surface area contributed by atoms with Crippen molar-refractivity contribution in [1.29, 1.82) is 0 Å². The molecule has 0 amide bonds. The van der Waals surface area contributed by atoms with Gasteiger partial charge in [-0.1, -0.05) is 12.1 Å². The van der Waals surface area contributed by atoms with Crippen LogP contribution >= 0.6 is 23.1 Å². The molecule has 4 nitrogen and oxygen atoms in total. The average Bonchev–Trinajstić information content (AvgIpc) is 3.08. The van der Waals surface area contributed by atoms with E-state index < -0.39 is 11.7 Å². The van der Waals surface area contributed by atoms with Crippen LogP contribution in [-0.2, 0) is 25.6 Å². The van der Waals surface area contributed by atoms with E-state index in [1.165, 1.54) is 21.8 Å². The number of benzene rings is 1. The Morgan fingerprint density at radius 3 is 2.97 bits per heavy atom. The molecule has 2 aromatic heterocycles. The number of alkyl halides is 3. The number of hydrogen-bond acceptors (Lipinski definition) is 5. The molecule has 2 heterocycles. The van der Waals surface area contributed by atoms with E-state index in [4.69, 9.17) is 0 Å². The van der Waals surface area contributed by atoms with Gasteiger partial charge in [0.05, 0.1) is 23.8 Å². The molecule has 1 aliphatic carbocycles. The molecule has 0 radical (unpaired) electrons. The lowest BCUT2D eigenvalue weighted by Crippen LogP contribution is -2.35. The molecule has 0 saturated carbocycles. The highest BCUT2D eigenvalue weighted by Crippen LogP contribution is 2.34. The Labute approximate surface area is 180 Å². The molecule has 0 spiro atoms. The molecule has 1 aliphatic rings. The summed E-state index contributed by atoms with van der Waals surface area (Å²) in [6.07, 6.45) is 1.80. The summed E-state index contributed by atoms with van der Waals surface area (Å²) < 4.78 is 40.4. The quantitative estimate of drug-likeness (QED) is 0.565. The fourth-order valence-corrected chi connectivity index (χ4v) is 5.48. The molecule has 1 N–H and O–H groups in total. The highest BCUT2D eigenvalue weighted by Gasteiger charge is 2.30. The molecule has 30 heavy (non-hydrogen) atoms. The monoisotopic (exact) mass is 453 g/mol. The molecule has 3 aromatic rings. The maximum atomic E-state index is 13.1. The van der Waals surface area contributed by atoms with Gasteiger partial charge in [-0.2, -0.15) is 24.9 Å². The minimum Gasteiger partial charge on any atom is -0.313 e. The lowest BCUT2D eigenvalue weighted by atomic mass is 9.93. The van der Waals surface area contributed by atoms with Gasteiger partial charge in [0.1, 0.15) is 4.83 Å². The number of rotatable bonds is 6. The van der Waals surface area contributed by atoms with Gasteiger partial charge in [0, 0.05) is 23.2 Å². The Kier molecular flexibility index (Phi) is 6.22. The van der Waals surface area contributed by atoms with E-state index in [2.05, 4.69) is 16.6 Å². The van der Waals surface area contributed by atoms with E-state index in [9.17, 15) is 18.0 Å². The van der Waals surface area contributed by atoms with Gasteiger partial charge in [-0.25, -0.2) is 4.98 Å². The SMILES string of the molecule is CSCCN[C@H]1CCc2c(sc3ncn(Cc4cccc(C(F)(F)F)c4)c(=O)c23)C1. The number of nitrogens with one attached hydrogen (secondary N) is 1. The van der Waals surface area contributed by atoms with Gasteiger partial charge in [-0.15, -0.1) is 11.3 Å². The molecule has 0 bridgehead atoms. The summed E-state index contributed by atoms with van der Waals surface area (Å²) in [6, 6.07) is 5.49.